The molecule has 10 rings (SSSR count). The largest absolute Gasteiger partial charge is 0.490 e. The smallest absolute Gasteiger partial charge is 0.306 e. The third-order valence-electron chi connectivity index (χ3n) is 14.2. The number of aliphatic carboxylic acids is 1. The lowest BCUT2D eigenvalue weighted by Crippen LogP contribution is -2.55. The number of hydrogen-bond acceptors (Lipinski definition) is 13. The number of carboxylic acid groups (broad SMARTS) is 1. The summed E-state index contributed by atoms with van der Waals surface area (Å²) in [4.78, 5) is 79.2. The Morgan fingerprint density at radius 3 is 1.64 bits per heavy atom. The topological polar surface area (TPSA) is 270 Å². The number of nitrogens with one attached hydrogen (secondary N) is 3. The van der Waals surface area contributed by atoms with Crippen molar-refractivity contribution < 1.29 is 43.3 Å². The van der Waals surface area contributed by atoms with E-state index in [1.54, 1.807) is 50.3 Å². The van der Waals surface area contributed by atoms with E-state index in [0.29, 0.717) is 108 Å². The maximum Gasteiger partial charge on any atom is 0.306 e. The number of fused-ring (bicyclic) bond motifs is 2. The number of rotatable bonds is 11. The number of carbonyl (C=O) groups excluding carboxylic acids is 4. The average molecular weight is 986 g/mol. The number of allylic oxidation sites excluding steroid dienone is 2. The average Bonchev–Trinajstić information content (AvgIpc) is 4.17. The van der Waals surface area contributed by atoms with Crippen LogP contribution in [0.25, 0.3) is 22.1 Å². The van der Waals surface area contributed by atoms with Crippen LogP contribution in [-0.4, -0.2) is 129 Å². The number of hydrogen-bond donors (Lipinski definition) is 5. The van der Waals surface area contributed by atoms with Crippen LogP contribution in [0.1, 0.15) is 105 Å². The van der Waals surface area contributed by atoms with Crippen LogP contribution in [0.5, 0.6) is 11.5 Å². The molecule has 3 aliphatic heterocycles. The highest BCUT2D eigenvalue weighted by molar-refractivity contribution is 6.05. The van der Waals surface area contributed by atoms with E-state index in [4.69, 9.17) is 29.9 Å². The maximum absolute atomic E-state index is 14.2. The molecule has 6 N–H and O–H groups in total. The second kappa shape index (κ2) is 19.9. The van der Waals surface area contributed by atoms with Crippen molar-refractivity contribution in [2.24, 2.45) is 11.7 Å². The summed E-state index contributed by atoms with van der Waals surface area (Å²) in [5.74, 6) is -2.16. The molecule has 3 atom stereocenters. The van der Waals surface area contributed by atoms with E-state index < -0.39 is 35.7 Å². The summed E-state index contributed by atoms with van der Waals surface area (Å²) < 4.78 is 26.6. The van der Waals surface area contributed by atoms with Crippen LogP contribution in [0.4, 0.5) is 11.9 Å². The lowest BCUT2D eigenvalue weighted by Gasteiger charge is -2.40. The second-order valence-corrected chi connectivity index (χ2v) is 19.0. The maximum atomic E-state index is 14.2. The molecule has 22 nitrogen and oxygen atoms in total. The molecule has 378 valence electrons. The molecule has 0 radical (unpaired) electrons. The summed E-state index contributed by atoms with van der Waals surface area (Å²) in [6.07, 6.45) is 7.53. The van der Waals surface area contributed by atoms with Crippen LogP contribution in [0.3, 0.4) is 0 Å². The normalized spacial score (nSPS) is 21.8. The molecule has 1 aliphatic carbocycles. The first-order valence-electron chi connectivity index (χ1n) is 24.7. The third-order valence-corrected chi connectivity index (χ3v) is 14.2. The highest BCUT2D eigenvalue weighted by Gasteiger charge is 2.42. The minimum absolute atomic E-state index is 0.0673. The molecule has 0 spiro atoms. The van der Waals surface area contributed by atoms with E-state index in [0.717, 1.165) is 12.8 Å². The van der Waals surface area contributed by atoms with Gasteiger partial charge in [-0.2, -0.15) is 10.2 Å². The Morgan fingerprint density at radius 2 is 1.15 bits per heavy atom. The molecule has 4 aliphatic rings. The van der Waals surface area contributed by atoms with E-state index in [9.17, 15) is 29.1 Å². The van der Waals surface area contributed by atoms with Crippen molar-refractivity contribution in [1.82, 2.24) is 48.9 Å². The van der Waals surface area contributed by atoms with Gasteiger partial charge < -0.3 is 39.5 Å². The van der Waals surface area contributed by atoms with Crippen molar-refractivity contribution in [3.63, 3.8) is 0 Å². The van der Waals surface area contributed by atoms with Gasteiger partial charge in [0, 0.05) is 55.4 Å². The lowest BCUT2D eigenvalue weighted by molar-refractivity contribution is -0.142. The van der Waals surface area contributed by atoms with Gasteiger partial charge in [-0.1, -0.05) is 12.2 Å². The first-order valence-corrected chi connectivity index (χ1v) is 24.7. The second-order valence-electron chi connectivity index (χ2n) is 19.0. The lowest BCUT2D eigenvalue weighted by atomic mass is 9.86. The number of carboxylic acids is 1. The summed E-state index contributed by atoms with van der Waals surface area (Å²) in [6.45, 7) is 9.86. The van der Waals surface area contributed by atoms with Gasteiger partial charge >= 0.3 is 5.97 Å². The summed E-state index contributed by atoms with van der Waals surface area (Å²) in [6, 6.07) is 9.44. The zero-order chi connectivity index (χ0) is 50.4. The number of morpholine rings is 1. The number of aromatic nitrogens is 8. The van der Waals surface area contributed by atoms with Crippen LogP contribution in [0.2, 0.25) is 0 Å². The number of ether oxygens (including phenoxy) is 3. The number of anilines is 2. The first-order chi connectivity index (χ1) is 34.8. The number of primary amides is 1. The molecule has 2 unspecified atom stereocenters. The summed E-state index contributed by atoms with van der Waals surface area (Å²) in [5, 5.41) is 27.7. The first kappa shape index (κ1) is 48.1. The molecule has 22 heteroatoms. The van der Waals surface area contributed by atoms with Crippen molar-refractivity contribution in [3.8, 4) is 11.5 Å². The van der Waals surface area contributed by atoms with Crippen LogP contribution in [0.15, 0.2) is 48.6 Å². The Balaban J connectivity index is 1.09. The van der Waals surface area contributed by atoms with Crippen LogP contribution in [-0.2, 0) is 35.7 Å². The van der Waals surface area contributed by atoms with Crippen LogP contribution >= 0.6 is 0 Å². The highest BCUT2D eigenvalue weighted by atomic mass is 16.5. The van der Waals surface area contributed by atoms with Crippen molar-refractivity contribution in [2.45, 2.75) is 117 Å². The Morgan fingerprint density at radius 1 is 0.653 bits per heavy atom. The standard InChI is InChI=1S/C50H59N13O9/c1-5-61-38(17-27(3)57-61)46(66)55-49-53-36-19-30(44(51)64)21-40-42(36)59(49)15-7-8-16-60-43-37(54-50(60)56-47(67)39-18-28(4)58-62(39)6-2)20-31(45(65)52-32-11-9-29(10-12-32)48(68)69)22-41(43)72-26-35(25-71-40)63-33-13-14-34(63)24-70-23-33/h7-8,17-22,29,32-35H,5-6,9-16,23-26H2,1-4H3,(H2,51,64)(H,52,65)(H,68,69)(H,53,55,66)(H,54,56,67)/b8-7+/t29?,32?,33?,34?,35-/m1/s1. The van der Waals surface area contributed by atoms with Crippen molar-refractivity contribution in [2.75, 3.05) is 37.1 Å². The summed E-state index contributed by atoms with van der Waals surface area (Å²) in [5.41, 5.74) is 10.2. The number of amides is 4. The Hall–Kier alpha value is -7.59. The minimum atomic E-state index is -0.829. The molecule has 72 heavy (non-hydrogen) atoms. The van der Waals surface area contributed by atoms with Gasteiger partial charge in [0.25, 0.3) is 17.7 Å². The fraction of sp³-hybridized carbons (Fsp3) is 0.460. The molecular formula is C50H59N13O9. The number of nitrogens with zero attached hydrogens (tertiary/aromatic N) is 9. The minimum Gasteiger partial charge on any atom is -0.490 e. The molecule has 2 bridgehead atoms. The Labute approximate surface area is 413 Å². The van der Waals surface area contributed by atoms with E-state index in [-0.39, 0.29) is 73.4 Å². The van der Waals surface area contributed by atoms with Gasteiger partial charge in [-0.15, -0.1) is 0 Å². The fourth-order valence-corrected chi connectivity index (χ4v) is 10.7. The van der Waals surface area contributed by atoms with Crippen molar-refractivity contribution in [3.05, 3.63) is 82.5 Å². The van der Waals surface area contributed by atoms with Crippen LogP contribution in [0, 0.1) is 19.8 Å². The van der Waals surface area contributed by atoms with E-state index in [1.165, 1.54) is 0 Å². The molecule has 7 heterocycles. The Bertz CT molecular complexity index is 3120. The van der Waals surface area contributed by atoms with Gasteiger partial charge in [0.15, 0.2) is 0 Å². The number of imidazole rings is 2. The number of nitrogens with two attached hydrogens (primary N) is 1. The fourth-order valence-electron chi connectivity index (χ4n) is 10.7. The van der Waals surface area contributed by atoms with Gasteiger partial charge in [-0.25, -0.2) is 9.97 Å². The summed E-state index contributed by atoms with van der Waals surface area (Å²) >= 11 is 0. The van der Waals surface area contributed by atoms with Gasteiger partial charge in [0.1, 0.15) is 47.1 Å². The molecule has 2 saturated heterocycles. The predicted octanol–water partition coefficient (Wildman–Crippen LogP) is 4.67. The third kappa shape index (κ3) is 9.38. The van der Waals surface area contributed by atoms with Crippen LogP contribution < -0.4 is 31.2 Å². The molecule has 4 amide bonds. The predicted molar refractivity (Wildman–Crippen MR) is 263 cm³/mol. The monoisotopic (exact) mass is 985 g/mol. The van der Waals surface area contributed by atoms with Crippen molar-refractivity contribution >= 4 is 63.6 Å². The highest BCUT2D eigenvalue weighted by Crippen LogP contribution is 2.37. The van der Waals surface area contributed by atoms with Gasteiger partial charge in [0.2, 0.25) is 17.8 Å². The molecule has 4 aromatic heterocycles. The Kier molecular flexibility index (Phi) is 13.3. The van der Waals surface area contributed by atoms with Gasteiger partial charge in [-0.05, 0) is 103 Å². The van der Waals surface area contributed by atoms with Gasteiger partial charge in [0.05, 0.1) is 47.6 Å². The molecule has 1 saturated carbocycles. The summed E-state index contributed by atoms with van der Waals surface area (Å²) in [7, 11) is 0. The zero-order valence-corrected chi connectivity index (χ0v) is 40.7. The zero-order valence-electron chi connectivity index (χ0n) is 40.7. The van der Waals surface area contributed by atoms with E-state index >= 15 is 0 Å². The quantitative estimate of drug-likeness (QED) is 0.111. The number of aryl methyl sites for hydroxylation is 4. The van der Waals surface area contributed by atoms with Crippen molar-refractivity contribution in [1.29, 1.82) is 0 Å². The molecule has 3 fully saturated rings. The molecule has 2 aromatic carbocycles. The van der Waals surface area contributed by atoms with E-state index in [2.05, 4.69) is 31.0 Å². The number of benzene rings is 2. The molecule has 6 aromatic rings. The van der Waals surface area contributed by atoms with E-state index in [1.807, 2.05) is 44.4 Å². The number of carbonyl (C=O) groups is 5. The van der Waals surface area contributed by atoms with Gasteiger partial charge in [-0.3, -0.25) is 48.9 Å². The SMILES string of the molecule is CCn1nc(C)cc1C(=O)Nc1nc2cc(C(N)=O)cc3c2n1C/C=C/Cn1c(NC(=O)c2cc(C)nn2CC)nc2cc(C(=O)NC4CCC(C(=O)O)CC4)cc(c21)OC[C@H](N1C2CCC1COC2)CO3. The molecular weight excluding hydrogens is 927 g/mol.